The predicted octanol–water partition coefficient (Wildman–Crippen LogP) is 3.04. The van der Waals surface area contributed by atoms with Crippen molar-refractivity contribution in [2.24, 2.45) is 5.73 Å². The Hall–Kier alpha value is -2.20. The van der Waals surface area contributed by atoms with E-state index in [1.54, 1.807) is 6.20 Å². The Balaban J connectivity index is 1.72. The quantitative estimate of drug-likeness (QED) is 0.801. The van der Waals surface area contributed by atoms with Gasteiger partial charge in [-0.15, -0.1) is 0 Å². The van der Waals surface area contributed by atoms with Crippen LogP contribution in [0.25, 0.3) is 5.52 Å². The minimum absolute atomic E-state index is 0.160. The highest BCUT2D eigenvalue weighted by atomic mass is 15.2. The highest BCUT2D eigenvalue weighted by Gasteiger charge is 2.21. The van der Waals surface area contributed by atoms with E-state index in [-0.39, 0.29) is 6.04 Å². The molecule has 4 nitrogen and oxygen atoms in total. The zero-order chi connectivity index (χ0) is 14.2. The molecule has 1 unspecified atom stereocenters. The second kappa shape index (κ2) is 4.97. The summed E-state index contributed by atoms with van der Waals surface area (Å²) in [5.74, 6) is 0.725. The van der Waals surface area contributed by atoms with E-state index < -0.39 is 0 Å². The molecule has 21 heavy (non-hydrogen) atoms. The predicted molar refractivity (Wildman–Crippen MR) is 82.1 cm³/mol. The van der Waals surface area contributed by atoms with Crippen molar-refractivity contribution in [1.29, 1.82) is 0 Å². The molecule has 2 N–H and O–H groups in total. The number of nitrogens with zero attached hydrogens (tertiary/aromatic N) is 3. The average molecular weight is 278 g/mol. The van der Waals surface area contributed by atoms with Crippen LogP contribution in [0.3, 0.4) is 0 Å². The van der Waals surface area contributed by atoms with Crippen molar-refractivity contribution in [2.75, 3.05) is 0 Å². The van der Waals surface area contributed by atoms with Crippen molar-refractivity contribution in [1.82, 2.24) is 14.6 Å². The molecule has 0 saturated heterocycles. The Morgan fingerprint density at radius 1 is 1.24 bits per heavy atom. The van der Waals surface area contributed by atoms with Crippen LogP contribution in [0.2, 0.25) is 0 Å². The minimum Gasteiger partial charge on any atom is -0.320 e. The molecular weight excluding hydrogens is 260 g/mol. The van der Waals surface area contributed by atoms with Gasteiger partial charge in [-0.05, 0) is 29.9 Å². The molecule has 1 aliphatic carbocycles. The van der Waals surface area contributed by atoms with Gasteiger partial charge in [0, 0.05) is 18.0 Å². The second-order valence-electron chi connectivity index (χ2n) is 5.78. The maximum Gasteiger partial charge on any atom is 0.0896 e. The van der Waals surface area contributed by atoms with Crippen molar-refractivity contribution in [3.63, 3.8) is 0 Å². The lowest BCUT2D eigenvalue weighted by molar-refractivity contribution is 0.419. The number of rotatable bonds is 3. The number of fused-ring (bicyclic) bond motifs is 1. The lowest BCUT2D eigenvalue weighted by Crippen LogP contribution is -2.14. The van der Waals surface area contributed by atoms with Crippen LogP contribution in [-0.4, -0.2) is 14.6 Å². The normalized spacial score (nSPS) is 16.8. The Morgan fingerprint density at radius 3 is 2.95 bits per heavy atom. The van der Waals surface area contributed by atoms with Crippen LogP contribution in [0.5, 0.6) is 0 Å². The van der Waals surface area contributed by atoms with Crippen LogP contribution in [0, 0.1) is 0 Å². The summed E-state index contributed by atoms with van der Waals surface area (Å²) in [6.45, 7) is 0. The third kappa shape index (κ3) is 2.12. The van der Waals surface area contributed by atoms with Gasteiger partial charge in [-0.3, -0.25) is 4.98 Å². The molecule has 1 aromatic carbocycles. The molecule has 0 bridgehead atoms. The maximum atomic E-state index is 6.47. The van der Waals surface area contributed by atoms with E-state index in [2.05, 4.69) is 34.3 Å². The van der Waals surface area contributed by atoms with Crippen LogP contribution >= 0.6 is 0 Å². The number of hydrogen-bond donors (Lipinski definition) is 1. The summed E-state index contributed by atoms with van der Waals surface area (Å²) in [6.07, 6.45) is 11.2. The first-order valence-electron chi connectivity index (χ1n) is 7.45. The molecule has 2 heterocycles. The molecule has 0 amide bonds. The number of aromatic nitrogens is 3. The highest BCUT2D eigenvalue weighted by Crippen LogP contribution is 2.37. The van der Waals surface area contributed by atoms with Crippen LogP contribution in [0.15, 0.2) is 49.1 Å². The van der Waals surface area contributed by atoms with Crippen molar-refractivity contribution >= 4 is 5.52 Å². The fourth-order valence-corrected chi connectivity index (χ4v) is 3.02. The summed E-state index contributed by atoms with van der Waals surface area (Å²) in [5.41, 5.74) is 11.0. The molecule has 1 atom stereocenters. The van der Waals surface area contributed by atoms with Crippen molar-refractivity contribution in [3.8, 4) is 0 Å². The fourth-order valence-electron chi connectivity index (χ4n) is 3.02. The van der Waals surface area contributed by atoms with E-state index in [1.807, 2.05) is 23.1 Å². The molecule has 0 radical (unpaired) electrons. The monoisotopic (exact) mass is 278 g/mol. The van der Waals surface area contributed by atoms with Crippen LogP contribution in [0.4, 0.5) is 0 Å². The third-order valence-corrected chi connectivity index (χ3v) is 4.54. The van der Waals surface area contributed by atoms with Gasteiger partial charge < -0.3 is 5.73 Å². The Morgan fingerprint density at radius 2 is 2.14 bits per heavy atom. The summed E-state index contributed by atoms with van der Waals surface area (Å²) < 4.78 is 1.82. The van der Waals surface area contributed by atoms with Gasteiger partial charge in [-0.1, -0.05) is 30.7 Å². The molecule has 1 saturated carbocycles. The molecule has 0 aliphatic heterocycles. The Kier molecular flexibility index (Phi) is 2.97. The first kappa shape index (κ1) is 12.5. The van der Waals surface area contributed by atoms with E-state index in [0.717, 1.165) is 22.6 Å². The number of hydrogen-bond acceptors (Lipinski definition) is 3. The molecule has 4 rings (SSSR count). The van der Waals surface area contributed by atoms with Gasteiger partial charge in [0.15, 0.2) is 0 Å². The van der Waals surface area contributed by atoms with Crippen molar-refractivity contribution < 1.29 is 0 Å². The largest absolute Gasteiger partial charge is 0.320 e. The van der Waals surface area contributed by atoms with Crippen LogP contribution in [-0.2, 0) is 0 Å². The van der Waals surface area contributed by atoms with Gasteiger partial charge in [-0.2, -0.15) is 5.10 Å². The molecule has 1 aliphatic rings. The van der Waals surface area contributed by atoms with Crippen molar-refractivity contribution in [2.45, 2.75) is 31.2 Å². The zero-order valence-electron chi connectivity index (χ0n) is 11.8. The van der Waals surface area contributed by atoms with Crippen LogP contribution < -0.4 is 5.73 Å². The van der Waals surface area contributed by atoms with Gasteiger partial charge in [-0.25, -0.2) is 4.52 Å². The molecule has 3 aromatic rings. The SMILES string of the molecule is NC(c1cccc(C2CCC2)c1)c1cnn2ccncc12. The van der Waals surface area contributed by atoms with Crippen LogP contribution in [0.1, 0.15) is 47.9 Å². The molecule has 0 spiro atoms. The number of nitrogens with two attached hydrogens (primary N) is 1. The summed E-state index contributed by atoms with van der Waals surface area (Å²) in [6, 6.07) is 8.54. The molecular formula is C17H18N4. The minimum atomic E-state index is -0.160. The average Bonchev–Trinajstić information content (AvgIpc) is 2.89. The van der Waals surface area contributed by atoms with E-state index in [4.69, 9.17) is 5.73 Å². The Labute approximate surface area is 123 Å². The van der Waals surface area contributed by atoms with E-state index in [0.29, 0.717) is 0 Å². The van der Waals surface area contributed by atoms with E-state index in [1.165, 1.54) is 24.8 Å². The third-order valence-electron chi connectivity index (χ3n) is 4.54. The van der Waals surface area contributed by atoms with E-state index in [9.17, 15) is 0 Å². The van der Waals surface area contributed by atoms with Gasteiger partial charge in [0.1, 0.15) is 0 Å². The lowest BCUT2D eigenvalue weighted by atomic mass is 9.79. The second-order valence-corrected chi connectivity index (χ2v) is 5.78. The topological polar surface area (TPSA) is 56.2 Å². The van der Waals surface area contributed by atoms with Gasteiger partial charge in [0.2, 0.25) is 0 Å². The summed E-state index contributed by atoms with van der Waals surface area (Å²) >= 11 is 0. The first-order chi connectivity index (χ1) is 10.3. The highest BCUT2D eigenvalue weighted by molar-refractivity contribution is 5.55. The van der Waals surface area contributed by atoms with Gasteiger partial charge >= 0.3 is 0 Å². The number of benzene rings is 1. The van der Waals surface area contributed by atoms with Crippen molar-refractivity contribution in [3.05, 3.63) is 65.7 Å². The lowest BCUT2D eigenvalue weighted by Gasteiger charge is -2.26. The summed E-state index contributed by atoms with van der Waals surface area (Å²) in [4.78, 5) is 4.17. The standard InChI is InChI=1S/C17H18N4/c18-17(15-10-20-21-8-7-19-11-16(15)21)14-6-2-5-13(9-14)12-3-1-4-12/h2,5-12,17H,1,3-4,18H2. The fraction of sp³-hybridized carbons (Fsp3) is 0.294. The first-order valence-corrected chi connectivity index (χ1v) is 7.45. The summed E-state index contributed by atoms with van der Waals surface area (Å²) in [7, 11) is 0. The van der Waals surface area contributed by atoms with Gasteiger partial charge in [0.25, 0.3) is 0 Å². The Bertz CT molecular complexity index is 773. The maximum absolute atomic E-state index is 6.47. The molecule has 1 fully saturated rings. The molecule has 2 aromatic heterocycles. The van der Waals surface area contributed by atoms with Gasteiger partial charge in [0.05, 0.1) is 24.0 Å². The molecule has 106 valence electrons. The molecule has 4 heteroatoms. The van der Waals surface area contributed by atoms with E-state index >= 15 is 0 Å². The smallest absolute Gasteiger partial charge is 0.0896 e. The zero-order valence-corrected chi connectivity index (χ0v) is 11.8. The summed E-state index contributed by atoms with van der Waals surface area (Å²) in [5, 5.41) is 4.35.